The van der Waals surface area contributed by atoms with Gasteiger partial charge in [-0.1, -0.05) is 6.07 Å². The number of nitrogens with zero attached hydrogens (tertiary/aromatic N) is 3. The van der Waals surface area contributed by atoms with Crippen LogP contribution in [0, 0.1) is 0 Å². The van der Waals surface area contributed by atoms with Gasteiger partial charge in [-0.05, 0) is 75.3 Å². The van der Waals surface area contributed by atoms with Crippen molar-refractivity contribution >= 4 is 11.7 Å². The molecule has 9 heteroatoms. The lowest BCUT2D eigenvalue weighted by atomic mass is 9.96. The Kier molecular flexibility index (Phi) is 8.05. The number of likely N-dealkylation sites (tertiary alicyclic amines) is 1. The fourth-order valence-corrected chi connectivity index (χ4v) is 5.86. The molecule has 1 N–H and O–H groups in total. The van der Waals surface area contributed by atoms with E-state index in [1.54, 1.807) is 11.1 Å². The summed E-state index contributed by atoms with van der Waals surface area (Å²) in [5, 5.41) is 7.12. The molecule has 4 heterocycles. The normalized spacial score (nSPS) is 26.8. The van der Waals surface area contributed by atoms with E-state index in [2.05, 4.69) is 39.8 Å². The molecular weight excluding hydrogens is 447 g/mol. The minimum absolute atomic E-state index is 0.730. The number of alkyl halides is 3. The third-order valence-electron chi connectivity index (χ3n) is 7.78. The highest BCUT2D eigenvalue weighted by Crippen LogP contribution is 2.31. The zero-order valence-electron chi connectivity index (χ0n) is 19.9. The molecule has 6 nitrogen and oxygen atoms in total. The summed E-state index contributed by atoms with van der Waals surface area (Å²) in [6.07, 6.45) is 2.65. The molecule has 0 aliphatic carbocycles. The second-order valence-electron chi connectivity index (χ2n) is 9.94. The molecule has 1 aromatic carbocycles. The molecule has 0 unspecified atom stereocenters. The number of carbonyl (C=O) groups is 1. The number of hydrogen-bond donors (Lipinski definition) is 1. The predicted molar refractivity (Wildman–Crippen MR) is 124 cm³/mol. The largest absolute Gasteiger partial charge is 0.490 e. The maximum Gasteiger partial charge on any atom is 0.490 e. The van der Waals surface area contributed by atoms with Gasteiger partial charge in [0, 0.05) is 63.2 Å². The summed E-state index contributed by atoms with van der Waals surface area (Å²) in [6, 6.07) is 9.60. The molecular formula is C25H36F3N3O3. The van der Waals surface area contributed by atoms with Gasteiger partial charge in [0.25, 0.3) is 0 Å². The molecule has 4 aliphatic heterocycles. The average molecular weight is 484 g/mol. The van der Waals surface area contributed by atoms with Crippen LogP contribution in [0.3, 0.4) is 0 Å². The van der Waals surface area contributed by atoms with Gasteiger partial charge in [-0.25, -0.2) is 4.79 Å². The van der Waals surface area contributed by atoms with Gasteiger partial charge in [0.2, 0.25) is 0 Å². The molecule has 0 saturated carbocycles. The van der Waals surface area contributed by atoms with Crippen molar-refractivity contribution in [2.45, 2.75) is 76.3 Å². The summed E-state index contributed by atoms with van der Waals surface area (Å²) in [5.41, 5.74) is 4.61. The van der Waals surface area contributed by atoms with Crippen LogP contribution in [0.25, 0.3) is 0 Å². The van der Waals surface area contributed by atoms with Gasteiger partial charge in [-0.15, -0.1) is 0 Å². The van der Waals surface area contributed by atoms with E-state index in [0.29, 0.717) is 0 Å². The third kappa shape index (κ3) is 6.04. The zero-order chi connectivity index (χ0) is 24.3. The van der Waals surface area contributed by atoms with Crippen LogP contribution in [-0.2, 0) is 22.5 Å². The van der Waals surface area contributed by atoms with Crippen molar-refractivity contribution in [1.82, 2.24) is 9.80 Å². The summed E-state index contributed by atoms with van der Waals surface area (Å²) >= 11 is 0. The van der Waals surface area contributed by atoms with E-state index in [4.69, 9.17) is 14.6 Å². The highest BCUT2D eigenvalue weighted by Gasteiger charge is 2.38. The Balaban J connectivity index is 0.000000344. The van der Waals surface area contributed by atoms with E-state index in [-0.39, 0.29) is 0 Å². The van der Waals surface area contributed by atoms with Gasteiger partial charge >= 0.3 is 12.1 Å². The highest BCUT2D eigenvalue weighted by molar-refractivity contribution is 5.73. The van der Waals surface area contributed by atoms with Gasteiger partial charge in [-0.3, -0.25) is 9.80 Å². The minimum Gasteiger partial charge on any atom is -0.475 e. The number of benzene rings is 1. The van der Waals surface area contributed by atoms with Crippen molar-refractivity contribution in [3.05, 3.63) is 29.3 Å². The molecule has 0 amide bonds. The number of rotatable bonds is 3. The van der Waals surface area contributed by atoms with Crippen LogP contribution >= 0.6 is 0 Å². The summed E-state index contributed by atoms with van der Waals surface area (Å²) in [5.74, 6) is -2.76. The molecule has 3 saturated heterocycles. The van der Waals surface area contributed by atoms with Crippen LogP contribution in [0.1, 0.15) is 50.2 Å². The Labute approximate surface area is 199 Å². The molecule has 0 spiro atoms. The van der Waals surface area contributed by atoms with E-state index >= 15 is 0 Å². The van der Waals surface area contributed by atoms with Crippen molar-refractivity contribution in [3.63, 3.8) is 0 Å². The first-order chi connectivity index (χ1) is 16.2. The molecule has 2 atom stereocenters. The first kappa shape index (κ1) is 25.3. The lowest BCUT2D eigenvalue weighted by Crippen LogP contribution is -2.42. The Hall–Kier alpha value is -1.84. The number of hydrogen-bond acceptors (Lipinski definition) is 5. The molecule has 0 aromatic heterocycles. The summed E-state index contributed by atoms with van der Waals surface area (Å²) < 4.78 is 37.3. The topological polar surface area (TPSA) is 56.2 Å². The van der Waals surface area contributed by atoms with Gasteiger partial charge in [0.05, 0.1) is 0 Å². The molecule has 4 aliphatic rings. The molecule has 1 aromatic rings. The van der Waals surface area contributed by atoms with Crippen LogP contribution in [0.4, 0.5) is 18.9 Å². The van der Waals surface area contributed by atoms with E-state index < -0.39 is 12.1 Å². The summed E-state index contributed by atoms with van der Waals surface area (Å²) in [4.78, 5) is 17.0. The third-order valence-corrected chi connectivity index (χ3v) is 7.78. The average Bonchev–Trinajstić information content (AvgIpc) is 3.48. The molecule has 0 radical (unpaired) electrons. The van der Waals surface area contributed by atoms with Gasteiger partial charge < -0.3 is 14.7 Å². The fraction of sp³-hybridized carbons (Fsp3) is 0.720. The maximum absolute atomic E-state index is 10.6. The number of halogens is 3. The monoisotopic (exact) mass is 483 g/mol. The summed E-state index contributed by atoms with van der Waals surface area (Å²) in [7, 11) is 0. The second-order valence-corrected chi connectivity index (χ2v) is 9.94. The van der Waals surface area contributed by atoms with Gasteiger partial charge in [-0.2, -0.15) is 13.2 Å². The number of aliphatic carboxylic acids is 1. The van der Waals surface area contributed by atoms with E-state index in [0.717, 1.165) is 37.9 Å². The lowest BCUT2D eigenvalue weighted by Gasteiger charge is -2.38. The lowest BCUT2D eigenvalue weighted by molar-refractivity contribution is -0.192. The minimum atomic E-state index is -5.08. The van der Waals surface area contributed by atoms with Crippen molar-refractivity contribution in [2.24, 2.45) is 0 Å². The molecule has 5 rings (SSSR count). The number of carboxylic acid groups (broad SMARTS) is 1. The van der Waals surface area contributed by atoms with Crippen LogP contribution in [0.2, 0.25) is 0 Å². The van der Waals surface area contributed by atoms with E-state index in [1.165, 1.54) is 70.4 Å². The van der Waals surface area contributed by atoms with Crippen LogP contribution in [0.5, 0.6) is 0 Å². The first-order valence-corrected chi connectivity index (χ1v) is 12.5. The van der Waals surface area contributed by atoms with Crippen molar-refractivity contribution in [2.75, 3.05) is 44.3 Å². The number of carboxylic acids is 1. The van der Waals surface area contributed by atoms with Crippen molar-refractivity contribution in [1.29, 1.82) is 0 Å². The number of ether oxygens (including phenoxy) is 1. The molecule has 3 fully saturated rings. The quantitative estimate of drug-likeness (QED) is 0.704. The summed E-state index contributed by atoms with van der Waals surface area (Å²) in [6.45, 7) is 10.4. The van der Waals surface area contributed by atoms with Gasteiger partial charge in [0.1, 0.15) is 0 Å². The van der Waals surface area contributed by atoms with Crippen LogP contribution < -0.4 is 4.90 Å². The SMILES string of the molecule is C[C@H]1CCCN1[C@H]1CCN(c2ccc3c(c2)CCN(C2CCOCC2)C3)C1.O=C(O)C(F)(F)F. The number of fused-ring (bicyclic) bond motifs is 1. The fourth-order valence-electron chi connectivity index (χ4n) is 5.86. The van der Waals surface area contributed by atoms with Crippen molar-refractivity contribution < 1.29 is 27.8 Å². The smallest absolute Gasteiger partial charge is 0.475 e. The zero-order valence-corrected chi connectivity index (χ0v) is 19.9. The molecule has 190 valence electrons. The molecule has 0 bridgehead atoms. The Morgan fingerprint density at radius 1 is 1.03 bits per heavy atom. The second kappa shape index (κ2) is 10.8. The van der Waals surface area contributed by atoms with Crippen LogP contribution in [-0.4, -0.2) is 84.6 Å². The van der Waals surface area contributed by atoms with E-state index in [1.807, 2.05) is 0 Å². The maximum atomic E-state index is 10.6. The Morgan fingerprint density at radius 2 is 1.76 bits per heavy atom. The van der Waals surface area contributed by atoms with Crippen LogP contribution in [0.15, 0.2) is 18.2 Å². The number of anilines is 1. The predicted octanol–water partition coefficient (Wildman–Crippen LogP) is 3.92. The first-order valence-electron chi connectivity index (χ1n) is 12.5. The highest BCUT2D eigenvalue weighted by atomic mass is 19.4. The van der Waals surface area contributed by atoms with Gasteiger partial charge in [0.15, 0.2) is 0 Å². The Morgan fingerprint density at radius 3 is 2.41 bits per heavy atom. The molecule has 34 heavy (non-hydrogen) atoms. The Bertz CT molecular complexity index is 844. The van der Waals surface area contributed by atoms with E-state index in [9.17, 15) is 13.2 Å². The van der Waals surface area contributed by atoms with Crippen molar-refractivity contribution in [3.8, 4) is 0 Å². The standard InChI is InChI=1S/C23H35N3O.C2HF3O2/c1-18-3-2-10-26(18)23-7-12-25(17-23)22-5-4-20-16-24(11-6-19(20)15-22)21-8-13-27-14-9-21;3-2(4,5)1(6)7/h4-5,15,18,21,23H,2-3,6-14,16-17H2,1H3;(H,6,7)/t18-,23-;/m0./s1.